The van der Waals surface area contributed by atoms with E-state index in [4.69, 9.17) is 11.8 Å². The zero-order valence-electron chi connectivity index (χ0n) is 18.0. The van der Waals surface area contributed by atoms with Gasteiger partial charge >= 0.3 is 20.1 Å². The molecule has 33 heavy (non-hydrogen) atoms. The number of aryl methyl sites for hydroxylation is 2. The SMILES string of the molecule is Cc1nc(C)c(-n2cccn2)[c-]c1-n1cccn1.[C-]#N.[Ir+3].[c-]1ccccc1-c1ccccn1. The van der Waals surface area contributed by atoms with E-state index in [9.17, 15) is 0 Å². The first-order chi connectivity index (χ1) is 15.7. The minimum atomic E-state index is 0. The Bertz CT molecular complexity index is 1140. The second kappa shape index (κ2) is 12.8. The molecule has 0 aliphatic carbocycles. The maximum Gasteiger partial charge on any atom is 3.00 e. The summed E-state index contributed by atoms with van der Waals surface area (Å²) in [4.78, 5) is 8.75. The molecule has 0 spiro atoms. The first kappa shape index (κ1) is 25.3. The van der Waals surface area contributed by atoms with Crippen molar-refractivity contribution in [1.29, 1.82) is 5.26 Å². The van der Waals surface area contributed by atoms with Crippen LogP contribution < -0.4 is 0 Å². The van der Waals surface area contributed by atoms with Crippen LogP contribution in [-0.4, -0.2) is 29.5 Å². The first-order valence-electron chi connectivity index (χ1n) is 9.73. The van der Waals surface area contributed by atoms with Crippen LogP contribution in [0.25, 0.3) is 22.6 Å². The van der Waals surface area contributed by atoms with E-state index in [1.165, 1.54) is 0 Å². The number of nitrogens with zero attached hydrogens (tertiary/aromatic N) is 7. The molecule has 0 bridgehead atoms. The summed E-state index contributed by atoms with van der Waals surface area (Å²) in [6.45, 7) is 8.65. The van der Waals surface area contributed by atoms with E-state index in [1.54, 1.807) is 28.0 Å². The predicted molar refractivity (Wildman–Crippen MR) is 120 cm³/mol. The maximum atomic E-state index is 6.25. The van der Waals surface area contributed by atoms with Crippen molar-refractivity contribution in [3.8, 4) is 22.6 Å². The van der Waals surface area contributed by atoms with E-state index in [0.29, 0.717) is 0 Å². The normalized spacial score (nSPS) is 9.45. The Labute approximate surface area is 206 Å². The summed E-state index contributed by atoms with van der Waals surface area (Å²) in [6.07, 6.45) is 9.02. The molecule has 4 heterocycles. The van der Waals surface area contributed by atoms with Crippen LogP contribution in [0.15, 0.2) is 85.6 Å². The zero-order valence-corrected chi connectivity index (χ0v) is 20.4. The van der Waals surface area contributed by atoms with Crippen molar-refractivity contribution in [2.75, 3.05) is 0 Å². The van der Waals surface area contributed by atoms with Gasteiger partial charge in [0.2, 0.25) is 0 Å². The molecule has 7 nitrogen and oxygen atoms in total. The number of benzene rings is 1. The largest absolute Gasteiger partial charge is 3.00 e. The second-order valence-electron chi connectivity index (χ2n) is 6.50. The van der Waals surface area contributed by atoms with E-state index in [-0.39, 0.29) is 20.1 Å². The van der Waals surface area contributed by atoms with Gasteiger partial charge in [-0.2, -0.15) is 10.2 Å². The van der Waals surface area contributed by atoms with Gasteiger partial charge < -0.3 is 21.8 Å². The van der Waals surface area contributed by atoms with E-state index in [1.807, 2.05) is 80.8 Å². The summed E-state index contributed by atoms with van der Waals surface area (Å²) in [6, 6.07) is 23.9. The molecule has 0 amide bonds. The summed E-state index contributed by atoms with van der Waals surface area (Å²) in [5, 5.41) is 14.7. The third-order valence-corrected chi connectivity index (χ3v) is 4.37. The summed E-state index contributed by atoms with van der Waals surface area (Å²) in [7, 11) is 0. The Morgan fingerprint density at radius 2 is 1.39 bits per heavy atom. The molecular formula is C25H20IrN7. The number of rotatable bonds is 3. The summed E-state index contributed by atoms with van der Waals surface area (Å²) < 4.78 is 3.52. The van der Waals surface area contributed by atoms with Crippen molar-refractivity contribution < 1.29 is 20.1 Å². The van der Waals surface area contributed by atoms with Crippen molar-refractivity contribution in [3.63, 3.8) is 0 Å². The van der Waals surface area contributed by atoms with E-state index in [0.717, 1.165) is 34.0 Å². The van der Waals surface area contributed by atoms with Crippen molar-refractivity contribution in [3.05, 3.63) is 116 Å². The Morgan fingerprint density at radius 3 is 1.85 bits per heavy atom. The smallest absolute Gasteiger partial charge is 0.512 e. The quantitative estimate of drug-likeness (QED) is 0.281. The second-order valence-corrected chi connectivity index (χ2v) is 6.50. The molecule has 0 radical (unpaired) electrons. The molecule has 0 unspecified atom stereocenters. The van der Waals surface area contributed by atoms with Crippen LogP contribution in [0.5, 0.6) is 0 Å². The van der Waals surface area contributed by atoms with Gasteiger partial charge in [-0.05, 0) is 46.7 Å². The molecular weight excluding hydrogens is 591 g/mol. The summed E-state index contributed by atoms with van der Waals surface area (Å²) in [5.74, 6) is 0. The van der Waals surface area contributed by atoms with Crippen LogP contribution in [0.4, 0.5) is 0 Å². The molecule has 0 atom stereocenters. The van der Waals surface area contributed by atoms with Gasteiger partial charge in [0.15, 0.2) is 0 Å². The molecule has 0 saturated carbocycles. The van der Waals surface area contributed by atoms with Gasteiger partial charge in [0.1, 0.15) is 0 Å². The molecule has 0 fully saturated rings. The Morgan fingerprint density at radius 1 is 0.788 bits per heavy atom. The molecule has 4 aromatic heterocycles. The average Bonchev–Trinajstić information content (AvgIpc) is 3.57. The maximum absolute atomic E-state index is 6.25. The third-order valence-electron chi connectivity index (χ3n) is 4.37. The summed E-state index contributed by atoms with van der Waals surface area (Å²) in [5.41, 5.74) is 5.49. The Kier molecular flexibility index (Phi) is 9.84. The number of hydrogen-bond acceptors (Lipinski definition) is 5. The molecule has 0 saturated heterocycles. The topological polar surface area (TPSA) is 85.2 Å². The van der Waals surface area contributed by atoms with Crippen LogP contribution in [-0.2, 0) is 20.1 Å². The number of pyridine rings is 2. The minimum absolute atomic E-state index is 0. The van der Waals surface area contributed by atoms with Crippen molar-refractivity contribution in [1.82, 2.24) is 29.5 Å². The monoisotopic (exact) mass is 611 g/mol. The minimum Gasteiger partial charge on any atom is -0.512 e. The van der Waals surface area contributed by atoms with Crippen LogP contribution in [0.3, 0.4) is 0 Å². The Hall–Kier alpha value is -3.92. The van der Waals surface area contributed by atoms with Crippen LogP contribution in [0, 0.1) is 37.8 Å². The van der Waals surface area contributed by atoms with Gasteiger partial charge in [-0.25, -0.2) is 0 Å². The zero-order chi connectivity index (χ0) is 22.8. The molecule has 5 aromatic rings. The van der Waals surface area contributed by atoms with E-state index >= 15 is 0 Å². The van der Waals surface area contributed by atoms with Gasteiger partial charge in [-0.3, -0.25) is 9.36 Å². The fourth-order valence-electron chi connectivity index (χ4n) is 2.97. The van der Waals surface area contributed by atoms with Crippen LogP contribution in [0.2, 0.25) is 0 Å². The molecule has 0 aliphatic rings. The van der Waals surface area contributed by atoms with Crippen molar-refractivity contribution >= 4 is 0 Å². The third kappa shape index (κ3) is 6.53. The van der Waals surface area contributed by atoms with E-state index in [2.05, 4.69) is 32.3 Å². The van der Waals surface area contributed by atoms with Gasteiger partial charge in [0.05, 0.1) is 0 Å². The Balaban J connectivity index is 0.000000225. The van der Waals surface area contributed by atoms with Gasteiger partial charge in [0, 0.05) is 31.0 Å². The van der Waals surface area contributed by atoms with Gasteiger partial charge in [0.25, 0.3) is 0 Å². The standard InChI is InChI=1S/C13H12N5.C11H8N.CN.Ir/c1-10-12(17-7-3-5-14-17)9-13(11(2)16-10)18-8-4-6-15-18;1-2-6-10(7-3-1)11-8-4-5-9-12-11;1-2;/h3-8H,1-2H3;1-6,8-9H;;/q3*-1;+3. The average molecular weight is 611 g/mol. The fourth-order valence-corrected chi connectivity index (χ4v) is 2.97. The van der Waals surface area contributed by atoms with Gasteiger partial charge in [-0.1, -0.05) is 26.0 Å². The number of hydrogen-bond donors (Lipinski definition) is 0. The van der Waals surface area contributed by atoms with Crippen molar-refractivity contribution in [2.24, 2.45) is 0 Å². The predicted octanol–water partition coefficient (Wildman–Crippen LogP) is 4.51. The van der Waals surface area contributed by atoms with Crippen molar-refractivity contribution in [2.45, 2.75) is 13.8 Å². The molecule has 164 valence electrons. The molecule has 0 N–H and O–H groups in total. The fraction of sp³-hybridized carbons (Fsp3) is 0.0800. The van der Waals surface area contributed by atoms with E-state index < -0.39 is 0 Å². The molecule has 0 aliphatic heterocycles. The van der Waals surface area contributed by atoms with Crippen LogP contribution >= 0.6 is 0 Å². The molecule has 8 heteroatoms. The molecule has 5 rings (SSSR count). The number of aromatic nitrogens is 6. The van der Waals surface area contributed by atoms with Gasteiger partial charge in [-0.15, -0.1) is 42.0 Å². The van der Waals surface area contributed by atoms with Crippen LogP contribution in [0.1, 0.15) is 11.4 Å². The molecule has 1 aromatic carbocycles. The first-order valence-corrected chi connectivity index (χ1v) is 9.73. The summed E-state index contributed by atoms with van der Waals surface area (Å²) >= 11 is 0.